The average molecular weight is 233 g/mol. The second-order valence-electron chi connectivity index (χ2n) is 5.42. The Morgan fingerprint density at radius 2 is 2.24 bits per heavy atom. The minimum atomic E-state index is 0.0664. The zero-order chi connectivity index (χ0) is 11.8. The molecule has 1 aromatic rings. The van der Waals surface area contributed by atoms with Crippen molar-refractivity contribution in [3.05, 3.63) is 21.7 Å². The summed E-state index contributed by atoms with van der Waals surface area (Å²) in [6.07, 6.45) is 5.44. The van der Waals surface area contributed by atoms with Crippen LogP contribution in [0.25, 0.3) is 0 Å². The van der Waals surface area contributed by atoms with Crippen molar-refractivity contribution in [3.8, 4) is 0 Å². The first-order chi connectivity index (χ1) is 8.24. The smallest absolute Gasteiger partial charge is 0.256 e. The molecule has 2 N–H and O–H groups in total. The third-order valence-corrected chi connectivity index (χ3v) is 4.01. The standard InChI is InChI=1S/C13H19N3O/c1-8-4-5-9(7-8)11-15-12-10(13(17)16-11)3-2-6-14-12/h8-9H,2-7H2,1H3,(H2,14,15,16,17). The van der Waals surface area contributed by atoms with Gasteiger partial charge >= 0.3 is 0 Å². The van der Waals surface area contributed by atoms with Crippen LogP contribution in [0.15, 0.2) is 4.79 Å². The van der Waals surface area contributed by atoms with Crippen molar-refractivity contribution in [2.75, 3.05) is 11.9 Å². The topological polar surface area (TPSA) is 57.8 Å². The van der Waals surface area contributed by atoms with E-state index in [0.717, 1.165) is 55.4 Å². The number of fused-ring (bicyclic) bond motifs is 1. The molecule has 2 atom stereocenters. The highest BCUT2D eigenvalue weighted by Gasteiger charge is 2.26. The lowest BCUT2D eigenvalue weighted by molar-refractivity contribution is 0.583. The Morgan fingerprint density at radius 3 is 3.00 bits per heavy atom. The summed E-state index contributed by atoms with van der Waals surface area (Å²) < 4.78 is 0. The van der Waals surface area contributed by atoms with Gasteiger partial charge in [-0.3, -0.25) is 4.79 Å². The quantitative estimate of drug-likeness (QED) is 0.780. The molecule has 92 valence electrons. The lowest BCUT2D eigenvalue weighted by Crippen LogP contribution is -2.25. The normalized spacial score (nSPS) is 27.6. The van der Waals surface area contributed by atoms with Crippen LogP contribution in [0.3, 0.4) is 0 Å². The van der Waals surface area contributed by atoms with Crippen LogP contribution >= 0.6 is 0 Å². The van der Waals surface area contributed by atoms with Crippen LogP contribution < -0.4 is 10.9 Å². The molecule has 0 saturated heterocycles. The van der Waals surface area contributed by atoms with Gasteiger partial charge < -0.3 is 10.3 Å². The number of nitrogens with zero attached hydrogens (tertiary/aromatic N) is 1. The zero-order valence-electron chi connectivity index (χ0n) is 10.3. The third kappa shape index (κ3) is 1.96. The van der Waals surface area contributed by atoms with E-state index in [-0.39, 0.29) is 5.56 Å². The number of aromatic amines is 1. The number of nitrogens with one attached hydrogen (secondary N) is 2. The summed E-state index contributed by atoms with van der Waals surface area (Å²) in [4.78, 5) is 19.6. The highest BCUT2D eigenvalue weighted by Crippen LogP contribution is 2.36. The van der Waals surface area contributed by atoms with Gasteiger partial charge in [0.1, 0.15) is 11.6 Å². The summed E-state index contributed by atoms with van der Waals surface area (Å²) in [6.45, 7) is 3.21. The average Bonchev–Trinajstić information content (AvgIpc) is 2.76. The Balaban J connectivity index is 1.96. The van der Waals surface area contributed by atoms with Gasteiger partial charge in [0.15, 0.2) is 0 Å². The number of hydrogen-bond acceptors (Lipinski definition) is 3. The van der Waals surface area contributed by atoms with E-state index in [0.29, 0.717) is 5.92 Å². The maximum absolute atomic E-state index is 12.0. The maximum Gasteiger partial charge on any atom is 0.256 e. The number of anilines is 1. The van der Waals surface area contributed by atoms with Crippen LogP contribution in [0.5, 0.6) is 0 Å². The number of H-pyrrole nitrogens is 1. The molecule has 0 aromatic carbocycles. The molecule has 4 heteroatoms. The SMILES string of the molecule is CC1CCC(c2nc3c(c(=O)[nH]2)CCCN3)C1. The van der Waals surface area contributed by atoms with E-state index in [2.05, 4.69) is 22.2 Å². The fraction of sp³-hybridized carbons (Fsp3) is 0.692. The number of rotatable bonds is 1. The van der Waals surface area contributed by atoms with Gasteiger partial charge in [-0.05, 0) is 38.0 Å². The molecule has 0 radical (unpaired) electrons. The number of hydrogen-bond donors (Lipinski definition) is 2. The lowest BCUT2D eigenvalue weighted by atomic mass is 10.0. The van der Waals surface area contributed by atoms with Gasteiger partial charge in [-0.25, -0.2) is 4.98 Å². The molecule has 0 spiro atoms. The fourth-order valence-corrected chi connectivity index (χ4v) is 3.01. The predicted octanol–water partition coefficient (Wildman–Crippen LogP) is 2.03. The van der Waals surface area contributed by atoms with Crippen LogP contribution in [0, 0.1) is 5.92 Å². The first kappa shape index (κ1) is 10.8. The van der Waals surface area contributed by atoms with Crippen molar-refractivity contribution >= 4 is 5.82 Å². The molecule has 0 amide bonds. The van der Waals surface area contributed by atoms with Crippen LogP contribution in [-0.4, -0.2) is 16.5 Å². The van der Waals surface area contributed by atoms with E-state index in [4.69, 9.17) is 0 Å². The molecular formula is C13H19N3O. The van der Waals surface area contributed by atoms with E-state index in [1.807, 2.05) is 0 Å². The molecule has 1 aliphatic heterocycles. The van der Waals surface area contributed by atoms with Crippen LogP contribution in [0.2, 0.25) is 0 Å². The van der Waals surface area contributed by atoms with Crippen molar-refractivity contribution in [1.82, 2.24) is 9.97 Å². The van der Waals surface area contributed by atoms with Gasteiger partial charge in [0.05, 0.1) is 5.56 Å². The van der Waals surface area contributed by atoms with Crippen molar-refractivity contribution in [2.45, 2.75) is 44.9 Å². The van der Waals surface area contributed by atoms with E-state index >= 15 is 0 Å². The Labute approximate surface area is 101 Å². The predicted molar refractivity (Wildman–Crippen MR) is 67.4 cm³/mol. The highest BCUT2D eigenvalue weighted by atomic mass is 16.1. The van der Waals surface area contributed by atoms with Gasteiger partial charge in [-0.1, -0.05) is 6.92 Å². The maximum atomic E-state index is 12.0. The first-order valence-electron chi connectivity index (χ1n) is 6.61. The molecule has 4 nitrogen and oxygen atoms in total. The summed E-state index contributed by atoms with van der Waals surface area (Å²) in [7, 11) is 0. The molecule has 1 aliphatic carbocycles. The number of aromatic nitrogens is 2. The molecule has 2 unspecified atom stereocenters. The largest absolute Gasteiger partial charge is 0.370 e. The van der Waals surface area contributed by atoms with E-state index < -0.39 is 0 Å². The third-order valence-electron chi connectivity index (χ3n) is 4.01. The summed E-state index contributed by atoms with van der Waals surface area (Å²) in [6, 6.07) is 0. The van der Waals surface area contributed by atoms with Crippen LogP contribution in [0.1, 0.15) is 49.9 Å². The Kier molecular flexibility index (Phi) is 2.65. The minimum Gasteiger partial charge on any atom is -0.370 e. The van der Waals surface area contributed by atoms with Gasteiger partial charge in [0.2, 0.25) is 0 Å². The summed E-state index contributed by atoms with van der Waals surface area (Å²) in [5.74, 6) is 2.93. The van der Waals surface area contributed by atoms with Gasteiger partial charge in [-0.15, -0.1) is 0 Å². The molecular weight excluding hydrogens is 214 g/mol. The summed E-state index contributed by atoms with van der Waals surface area (Å²) >= 11 is 0. The van der Waals surface area contributed by atoms with Crippen molar-refractivity contribution in [1.29, 1.82) is 0 Å². The molecule has 17 heavy (non-hydrogen) atoms. The molecule has 0 bridgehead atoms. The minimum absolute atomic E-state index is 0.0664. The summed E-state index contributed by atoms with van der Waals surface area (Å²) in [5.41, 5.74) is 0.905. The van der Waals surface area contributed by atoms with Crippen LogP contribution in [-0.2, 0) is 6.42 Å². The van der Waals surface area contributed by atoms with E-state index in [1.165, 1.54) is 6.42 Å². The molecule has 2 aliphatic rings. The highest BCUT2D eigenvalue weighted by molar-refractivity contribution is 5.45. The van der Waals surface area contributed by atoms with Crippen LogP contribution in [0.4, 0.5) is 5.82 Å². The van der Waals surface area contributed by atoms with Crippen molar-refractivity contribution in [3.63, 3.8) is 0 Å². The first-order valence-corrected chi connectivity index (χ1v) is 6.61. The zero-order valence-corrected chi connectivity index (χ0v) is 10.3. The van der Waals surface area contributed by atoms with Gasteiger partial charge in [0.25, 0.3) is 5.56 Å². The Morgan fingerprint density at radius 1 is 1.35 bits per heavy atom. The molecule has 3 rings (SSSR count). The van der Waals surface area contributed by atoms with Crippen molar-refractivity contribution in [2.24, 2.45) is 5.92 Å². The molecule has 1 saturated carbocycles. The van der Waals surface area contributed by atoms with E-state index in [9.17, 15) is 4.79 Å². The van der Waals surface area contributed by atoms with Gasteiger partial charge in [0, 0.05) is 12.5 Å². The van der Waals surface area contributed by atoms with Gasteiger partial charge in [-0.2, -0.15) is 0 Å². The fourth-order valence-electron chi connectivity index (χ4n) is 3.01. The molecule has 1 aromatic heterocycles. The second-order valence-corrected chi connectivity index (χ2v) is 5.42. The monoisotopic (exact) mass is 233 g/mol. The molecule has 1 fully saturated rings. The Hall–Kier alpha value is -1.32. The lowest BCUT2D eigenvalue weighted by Gasteiger charge is -2.18. The van der Waals surface area contributed by atoms with E-state index in [1.54, 1.807) is 0 Å². The van der Waals surface area contributed by atoms with Crippen molar-refractivity contribution < 1.29 is 0 Å². The summed E-state index contributed by atoms with van der Waals surface area (Å²) in [5, 5.41) is 3.25. The molecule has 2 heterocycles. The second kappa shape index (κ2) is 4.17. The Bertz CT molecular complexity index is 480.